The zero-order valence-electron chi connectivity index (χ0n) is 20.4. The van der Waals surface area contributed by atoms with Crippen molar-refractivity contribution in [2.75, 3.05) is 4.72 Å². The summed E-state index contributed by atoms with van der Waals surface area (Å²) in [6.45, 7) is 10.0. The van der Waals surface area contributed by atoms with Crippen LogP contribution in [-0.4, -0.2) is 30.5 Å². The molecule has 1 aromatic heterocycles. The second-order valence-electron chi connectivity index (χ2n) is 9.73. The van der Waals surface area contributed by atoms with Gasteiger partial charge in [0.05, 0.1) is 27.6 Å². The Morgan fingerprint density at radius 2 is 1.63 bits per heavy atom. The van der Waals surface area contributed by atoms with Gasteiger partial charge in [-0.2, -0.15) is 0 Å². The number of sulfonamides is 1. The molecule has 0 aliphatic rings. The van der Waals surface area contributed by atoms with E-state index in [1.54, 1.807) is 26.0 Å². The number of fused-ring (bicyclic) bond motifs is 1. The normalized spacial score (nSPS) is 12.2. The van der Waals surface area contributed by atoms with Crippen LogP contribution in [0.5, 0.6) is 0 Å². The molecule has 0 atom stereocenters. The predicted molar refractivity (Wildman–Crippen MR) is 138 cm³/mol. The maximum atomic E-state index is 13.0. The second kappa shape index (κ2) is 9.19. The van der Waals surface area contributed by atoms with Crippen molar-refractivity contribution in [3.05, 3.63) is 77.9 Å². The lowest BCUT2D eigenvalue weighted by Crippen LogP contribution is -2.14. The van der Waals surface area contributed by atoms with Gasteiger partial charge in [0.15, 0.2) is 0 Å². The summed E-state index contributed by atoms with van der Waals surface area (Å²) in [4.78, 5) is 19.9. The summed E-state index contributed by atoms with van der Waals surface area (Å²) in [5.41, 5.74) is 4.19. The first-order valence-electron chi connectivity index (χ1n) is 11.4. The third-order valence-electron chi connectivity index (χ3n) is 5.50. The molecular weight excluding hydrogens is 462 g/mol. The lowest BCUT2D eigenvalue weighted by molar-refractivity contribution is 0.0378. The fraction of sp³-hybridized carbons (Fsp3) is 0.259. The number of H-pyrrole nitrogens is 1. The number of hydrogen-bond donors (Lipinski definition) is 2. The summed E-state index contributed by atoms with van der Waals surface area (Å²) in [5.74, 6) is 0.217. The lowest BCUT2D eigenvalue weighted by Gasteiger charge is -2.18. The van der Waals surface area contributed by atoms with Gasteiger partial charge in [-0.3, -0.25) is 4.72 Å². The van der Waals surface area contributed by atoms with Crippen molar-refractivity contribution in [1.29, 1.82) is 0 Å². The third-order valence-corrected chi connectivity index (χ3v) is 6.88. The van der Waals surface area contributed by atoms with Gasteiger partial charge < -0.3 is 9.72 Å². The van der Waals surface area contributed by atoms with E-state index in [2.05, 4.69) is 47.6 Å². The number of anilines is 1. The van der Waals surface area contributed by atoms with Crippen LogP contribution in [0.4, 0.5) is 5.69 Å². The first-order chi connectivity index (χ1) is 16.4. The maximum absolute atomic E-state index is 13.0. The standard InChI is InChI=1S/C27H29N3O4S/c1-17(2)34-26(31)19-8-12-21(13-9-19)30-35(32,33)22-14-15-23-24(16-22)29-25(28-23)18-6-10-20(11-7-18)27(3,4)5/h6-17,30H,1-5H3,(H,28,29). The number of imidazole rings is 1. The first-order valence-corrected chi connectivity index (χ1v) is 12.9. The van der Waals surface area contributed by atoms with Crippen molar-refractivity contribution in [3.8, 4) is 11.4 Å². The topological polar surface area (TPSA) is 101 Å². The average Bonchev–Trinajstić information content (AvgIpc) is 3.22. The lowest BCUT2D eigenvalue weighted by atomic mass is 9.87. The van der Waals surface area contributed by atoms with E-state index in [-0.39, 0.29) is 16.4 Å². The zero-order chi connectivity index (χ0) is 25.4. The number of rotatable bonds is 6. The second-order valence-corrected chi connectivity index (χ2v) is 11.4. The minimum atomic E-state index is -3.85. The van der Waals surface area contributed by atoms with E-state index in [0.29, 0.717) is 28.1 Å². The molecule has 0 saturated heterocycles. The number of aromatic amines is 1. The van der Waals surface area contributed by atoms with Gasteiger partial charge in [-0.05, 0) is 67.3 Å². The van der Waals surface area contributed by atoms with Gasteiger partial charge in [0.2, 0.25) is 0 Å². The molecule has 182 valence electrons. The Labute approximate surface area is 205 Å². The Hall–Kier alpha value is -3.65. The fourth-order valence-electron chi connectivity index (χ4n) is 3.59. The van der Waals surface area contributed by atoms with Crippen molar-refractivity contribution >= 4 is 32.7 Å². The van der Waals surface area contributed by atoms with E-state index >= 15 is 0 Å². The molecule has 0 saturated carbocycles. The minimum absolute atomic E-state index is 0.0559. The van der Waals surface area contributed by atoms with Crippen molar-refractivity contribution in [1.82, 2.24) is 9.97 Å². The van der Waals surface area contributed by atoms with Crippen LogP contribution in [0.3, 0.4) is 0 Å². The largest absolute Gasteiger partial charge is 0.459 e. The molecule has 4 rings (SSSR count). The van der Waals surface area contributed by atoms with Gasteiger partial charge in [-0.1, -0.05) is 45.0 Å². The molecule has 0 radical (unpaired) electrons. The number of carbonyl (C=O) groups excluding carboxylic acids is 1. The van der Waals surface area contributed by atoms with E-state index in [9.17, 15) is 13.2 Å². The van der Waals surface area contributed by atoms with Crippen LogP contribution in [-0.2, 0) is 20.2 Å². The SMILES string of the molecule is CC(C)OC(=O)c1ccc(NS(=O)(=O)c2ccc3nc(-c4ccc(C(C)(C)C)cc4)[nH]c3c2)cc1. The van der Waals surface area contributed by atoms with Gasteiger partial charge in [0.25, 0.3) is 10.0 Å². The molecule has 0 unspecified atom stereocenters. The third kappa shape index (κ3) is 5.54. The van der Waals surface area contributed by atoms with Crippen LogP contribution >= 0.6 is 0 Å². The van der Waals surface area contributed by atoms with E-state index in [1.165, 1.54) is 35.9 Å². The molecule has 3 aromatic carbocycles. The number of carbonyl (C=O) groups is 1. The van der Waals surface area contributed by atoms with Crippen molar-refractivity contribution in [2.24, 2.45) is 0 Å². The van der Waals surface area contributed by atoms with Crippen molar-refractivity contribution in [2.45, 2.75) is 51.0 Å². The van der Waals surface area contributed by atoms with E-state index < -0.39 is 16.0 Å². The Bertz CT molecular complexity index is 1460. The van der Waals surface area contributed by atoms with E-state index in [1.807, 2.05) is 12.1 Å². The monoisotopic (exact) mass is 491 g/mol. The zero-order valence-corrected chi connectivity index (χ0v) is 21.2. The van der Waals surface area contributed by atoms with E-state index in [4.69, 9.17) is 4.74 Å². The Morgan fingerprint density at radius 3 is 2.23 bits per heavy atom. The molecule has 0 spiro atoms. The highest BCUT2D eigenvalue weighted by molar-refractivity contribution is 7.92. The van der Waals surface area contributed by atoms with Gasteiger partial charge in [0.1, 0.15) is 5.82 Å². The van der Waals surface area contributed by atoms with Crippen LogP contribution < -0.4 is 4.72 Å². The molecule has 4 aromatic rings. The van der Waals surface area contributed by atoms with E-state index in [0.717, 1.165) is 5.56 Å². The summed E-state index contributed by atoms with van der Waals surface area (Å²) in [6.07, 6.45) is -0.235. The smallest absolute Gasteiger partial charge is 0.338 e. The van der Waals surface area contributed by atoms with Crippen LogP contribution in [0.1, 0.15) is 50.5 Å². The number of ether oxygens (including phenoxy) is 1. The molecule has 8 heteroatoms. The molecule has 2 N–H and O–H groups in total. The number of nitrogens with zero attached hydrogens (tertiary/aromatic N) is 1. The van der Waals surface area contributed by atoms with Crippen LogP contribution in [0.15, 0.2) is 71.6 Å². The Morgan fingerprint density at radius 1 is 0.971 bits per heavy atom. The highest BCUT2D eigenvalue weighted by Crippen LogP contribution is 2.27. The summed E-state index contributed by atoms with van der Waals surface area (Å²) < 4.78 is 33.7. The molecule has 0 aliphatic heterocycles. The summed E-state index contributed by atoms with van der Waals surface area (Å²) in [5, 5.41) is 0. The molecule has 0 aliphatic carbocycles. The number of esters is 1. The molecule has 0 amide bonds. The van der Waals surface area contributed by atoms with Gasteiger partial charge in [-0.25, -0.2) is 18.2 Å². The van der Waals surface area contributed by atoms with Crippen molar-refractivity contribution < 1.29 is 17.9 Å². The van der Waals surface area contributed by atoms with Crippen molar-refractivity contribution in [3.63, 3.8) is 0 Å². The van der Waals surface area contributed by atoms with Crippen LogP contribution in [0.2, 0.25) is 0 Å². The predicted octanol–water partition coefficient (Wildman–Crippen LogP) is 5.89. The first kappa shape index (κ1) is 24.5. The fourth-order valence-corrected chi connectivity index (χ4v) is 4.68. The molecule has 7 nitrogen and oxygen atoms in total. The Kier molecular flexibility index (Phi) is 6.42. The maximum Gasteiger partial charge on any atom is 0.338 e. The number of nitrogens with one attached hydrogen (secondary N) is 2. The molecular formula is C27H29N3O4S. The highest BCUT2D eigenvalue weighted by atomic mass is 32.2. The van der Waals surface area contributed by atoms with Crippen LogP contribution in [0.25, 0.3) is 22.4 Å². The van der Waals surface area contributed by atoms with Gasteiger partial charge in [-0.15, -0.1) is 0 Å². The van der Waals surface area contributed by atoms with Gasteiger partial charge in [0, 0.05) is 11.3 Å². The highest BCUT2D eigenvalue weighted by Gasteiger charge is 2.18. The summed E-state index contributed by atoms with van der Waals surface area (Å²) in [6, 6.07) is 19.1. The summed E-state index contributed by atoms with van der Waals surface area (Å²) >= 11 is 0. The summed E-state index contributed by atoms with van der Waals surface area (Å²) in [7, 11) is -3.85. The van der Waals surface area contributed by atoms with Crippen LogP contribution in [0, 0.1) is 0 Å². The molecule has 1 heterocycles. The molecule has 0 fully saturated rings. The molecule has 35 heavy (non-hydrogen) atoms. The minimum Gasteiger partial charge on any atom is -0.459 e. The average molecular weight is 492 g/mol. The Balaban J connectivity index is 1.55. The van der Waals surface area contributed by atoms with Gasteiger partial charge >= 0.3 is 5.97 Å². The number of benzene rings is 3. The molecule has 0 bridgehead atoms. The quantitative estimate of drug-likeness (QED) is 0.327. The number of hydrogen-bond acceptors (Lipinski definition) is 5. The number of aromatic nitrogens is 2.